The molecule has 0 saturated carbocycles. The van der Waals surface area contributed by atoms with Gasteiger partial charge in [-0.15, -0.1) is 0 Å². The molecule has 2 amide bonds. The molecule has 23 heavy (non-hydrogen) atoms. The molecular weight excluding hydrogens is 319 g/mol. The standard InChI is InChI=1S/C12H18F3N5O3/c1-19-3-4-22-8(6-19)7-20(2)11(21)16-5-9-17-10(18-23-9)12(13,14)15/h8H,3-7H2,1-2H3,(H,16,21). The predicted octanol–water partition coefficient (Wildman–Crippen LogP) is 0.560. The summed E-state index contributed by atoms with van der Waals surface area (Å²) in [7, 11) is 3.53. The lowest BCUT2D eigenvalue weighted by molar-refractivity contribution is -0.146. The van der Waals surface area contributed by atoms with Crippen molar-refractivity contribution in [2.24, 2.45) is 0 Å². The van der Waals surface area contributed by atoms with Gasteiger partial charge in [-0.25, -0.2) is 4.79 Å². The summed E-state index contributed by atoms with van der Waals surface area (Å²) in [6.45, 7) is 2.23. The van der Waals surface area contributed by atoms with Crippen molar-refractivity contribution in [3.05, 3.63) is 11.7 Å². The number of ether oxygens (including phenoxy) is 1. The second-order valence-electron chi connectivity index (χ2n) is 5.30. The highest BCUT2D eigenvalue weighted by Gasteiger charge is 2.37. The number of alkyl halides is 3. The van der Waals surface area contributed by atoms with Crippen molar-refractivity contribution in [3.8, 4) is 0 Å². The number of nitrogens with zero attached hydrogens (tertiary/aromatic N) is 4. The molecule has 1 aromatic rings. The first-order valence-corrected chi connectivity index (χ1v) is 6.94. The van der Waals surface area contributed by atoms with Gasteiger partial charge in [0.25, 0.3) is 5.82 Å². The summed E-state index contributed by atoms with van der Waals surface area (Å²) in [4.78, 5) is 18.6. The molecule has 8 nitrogen and oxygen atoms in total. The van der Waals surface area contributed by atoms with E-state index < -0.39 is 18.0 Å². The smallest absolute Gasteiger partial charge is 0.374 e. The molecule has 11 heteroatoms. The highest BCUT2D eigenvalue weighted by Crippen LogP contribution is 2.26. The van der Waals surface area contributed by atoms with Crippen molar-refractivity contribution in [2.45, 2.75) is 18.8 Å². The maximum absolute atomic E-state index is 12.3. The van der Waals surface area contributed by atoms with E-state index in [0.29, 0.717) is 19.7 Å². The summed E-state index contributed by atoms with van der Waals surface area (Å²) < 4.78 is 46.9. The van der Waals surface area contributed by atoms with E-state index in [1.165, 1.54) is 4.90 Å². The molecule has 0 aliphatic carbocycles. The van der Waals surface area contributed by atoms with Crippen molar-refractivity contribution >= 4 is 6.03 Å². The van der Waals surface area contributed by atoms with E-state index in [2.05, 4.69) is 24.9 Å². The van der Waals surface area contributed by atoms with Gasteiger partial charge in [0.15, 0.2) is 0 Å². The molecule has 1 atom stereocenters. The Morgan fingerprint density at radius 2 is 2.26 bits per heavy atom. The van der Waals surface area contributed by atoms with Gasteiger partial charge in [0.1, 0.15) is 0 Å². The molecule has 1 saturated heterocycles. The molecule has 2 heterocycles. The van der Waals surface area contributed by atoms with Crippen LogP contribution < -0.4 is 5.32 Å². The number of carbonyl (C=O) groups is 1. The number of hydrogen-bond acceptors (Lipinski definition) is 6. The minimum atomic E-state index is -4.67. The van der Waals surface area contributed by atoms with E-state index in [9.17, 15) is 18.0 Å². The zero-order valence-electron chi connectivity index (χ0n) is 12.8. The molecular formula is C12H18F3N5O3. The summed E-state index contributed by atoms with van der Waals surface area (Å²) in [5, 5.41) is 5.23. The molecule has 130 valence electrons. The van der Waals surface area contributed by atoms with Crippen molar-refractivity contribution in [3.63, 3.8) is 0 Å². The number of nitrogens with one attached hydrogen (secondary N) is 1. The van der Waals surface area contributed by atoms with Gasteiger partial charge >= 0.3 is 12.2 Å². The van der Waals surface area contributed by atoms with Crippen LogP contribution in [0.3, 0.4) is 0 Å². The van der Waals surface area contributed by atoms with Crippen LogP contribution in [0.4, 0.5) is 18.0 Å². The number of rotatable bonds is 4. The average Bonchev–Trinajstić information content (AvgIpc) is 2.93. The first-order chi connectivity index (χ1) is 10.8. The third-order valence-electron chi connectivity index (χ3n) is 3.28. The SMILES string of the molecule is CN1CCOC(CN(C)C(=O)NCc2nc(C(F)(F)F)no2)C1. The van der Waals surface area contributed by atoms with Crippen molar-refractivity contribution in [1.82, 2.24) is 25.3 Å². The second kappa shape index (κ2) is 7.13. The normalized spacial score (nSPS) is 19.6. The highest BCUT2D eigenvalue weighted by atomic mass is 19.4. The summed E-state index contributed by atoms with van der Waals surface area (Å²) in [6.07, 6.45) is -4.78. The van der Waals surface area contributed by atoms with Crippen LogP contribution in [0.2, 0.25) is 0 Å². The van der Waals surface area contributed by atoms with Gasteiger partial charge in [0.2, 0.25) is 5.89 Å². The Morgan fingerprint density at radius 3 is 2.87 bits per heavy atom. The van der Waals surface area contributed by atoms with E-state index in [0.717, 1.165) is 6.54 Å². The van der Waals surface area contributed by atoms with E-state index in [-0.39, 0.29) is 18.5 Å². The number of amides is 2. The molecule has 1 aliphatic rings. The van der Waals surface area contributed by atoms with Crippen molar-refractivity contribution in [2.75, 3.05) is 40.3 Å². The van der Waals surface area contributed by atoms with Gasteiger partial charge in [-0.3, -0.25) is 0 Å². The topological polar surface area (TPSA) is 83.7 Å². The lowest BCUT2D eigenvalue weighted by Crippen LogP contribution is -2.48. The summed E-state index contributed by atoms with van der Waals surface area (Å²) in [6, 6.07) is -0.464. The quantitative estimate of drug-likeness (QED) is 0.864. The average molecular weight is 337 g/mol. The number of urea groups is 1. The fourth-order valence-corrected chi connectivity index (χ4v) is 2.09. The molecule has 1 N–H and O–H groups in total. The van der Waals surface area contributed by atoms with E-state index in [1.807, 2.05) is 7.05 Å². The number of halogens is 3. The maximum Gasteiger partial charge on any atom is 0.455 e. The van der Waals surface area contributed by atoms with Crippen LogP contribution in [0.1, 0.15) is 11.7 Å². The molecule has 2 rings (SSSR count). The summed E-state index contributed by atoms with van der Waals surface area (Å²) in [5.74, 6) is -1.68. The van der Waals surface area contributed by atoms with Crippen LogP contribution in [0.25, 0.3) is 0 Å². The number of carbonyl (C=O) groups excluding carboxylic acids is 1. The minimum Gasteiger partial charge on any atom is -0.374 e. The zero-order chi connectivity index (χ0) is 17.0. The molecule has 1 unspecified atom stereocenters. The van der Waals surface area contributed by atoms with Crippen LogP contribution in [0.5, 0.6) is 0 Å². The van der Waals surface area contributed by atoms with Gasteiger partial charge < -0.3 is 24.4 Å². The van der Waals surface area contributed by atoms with Gasteiger partial charge in [-0.2, -0.15) is 18.2 Å². The van der Waals surface area contributed by atoms with Gasteiger partial charge in [0.05, 0.1) is 19.3 Å². The summed E-state index contributed by atoms with van der Waals surface area (Å²) >= 11 is 0. The Morgan fingerprint density at radius 1 is 1.52 bits per heavy atom. The van der Waals surface area contributed by atoms with Crippen LogP contribution in [0.15, 0.2) is 4.52 Å². The molecule has 0 aromatic carbocycles. The Hall–Kier alpha value is -1.88. The van der Waals surface area contributed by atoms with Crippen LogP contribution in [0, 0.1) is 0 Å². The van der Waals surface area contributed by atoms with Crippen LogP contribution >= 0.6 is 0 Å². The molecule has 0 bridgehead atoms. The molecule has 0 radical (unpaired) electrons. The predicted molar refractivity (Wildman–Crippen MR) is 71.4 cm³/mol. The van der Waals surface area contributed by atoms with Gasteiger partial charge in [0, 0.05) is 26.7 Å². The Kier molecular flexibility index (Phi) is 5.42. The van der Waals surface area contributed by atoms with Gasteiger partial charge in [-0.1, -0.05) is 5.16 Å². The minimum absolute atomic E-state index is 0.107. The second-order valence-corrected chi connectivity index (χ2v) is 5.30. The molecule has 1 aliphatic heterocycles. The lowest BCUT2D eigenvalue weighted by atomic mass is 10.2. The molecule has 1 fully saturated rings. The number of morpholine rings is 1. The largest absolute Gasteiger partial charge is 0.455 e. The highest BCUT2D eigenvalue weighted by molar-refractivity contribution is 5.73. The fraction of sp³-hybridized carbons (Fsp3) is 0.750. The third kappa shape index (κ3) is 5.06. The first-order valence-electron chi connectivity index (χ1n) is 6.94. The van der Waals surface area contributed by atoms with Crippen LogP contribution in [-0.2, 0) is 17.5 Å². The Labute approximate surface area is 130 Å². The maximum atomic E-state index is 12.3. The monoisotopic (exact) mass is 337 g/mol. The molecule has 0 spiro atoms. The van der Waals surface area contributed by atoms with E-state index in [1.54, 1.807) is 7.05 Å². The van der Waals surface area contributed by atoms with Gasteiger partial charge in [-0.05, 0) is 7.05 Å². The number of likely N-dealkylation sites (N-methyl/N-ethyl adjacent to an activating group) is 2. The Bertz CT molecular complexity index is 536. The number of hydrogen-bond donors (Lipinski definition) is 1. The first kappa shape index (κ1) is 17.5. The van der Waals surface area contributed by atoms with Crippen molar-refractivity contribution < 1.29 is 27.2 Å². The number of aromatic nitrogens is 2. The van der Waals surface area contributed by atoms with Crippen molar-refractivity contribution in [1.29, 1.82) is 0 Å². The van der Waals surface area contributed by atoms with E-state index in [4.69, 9.17) is 4.74 Å². The zero-order valence-corrected chi connectivity index (χ0v) is 12.8. The van der Waals surface area contributed by atoms with E-state index >= 15 is 0 Å². The fourth-order valence-electron chi connectivity index (χ4n) is 2.09. The lowest BCUT2D eigenvalue weighted by Gasteiger charge is -2.32. The third-order valence-corrected chi connectivity index (χ3v) is 3.28. The molecule has 1 aromatic heterocycles. The Balaban J connectivity index is 1.78. The van der Waals surface area contributed by atoms with Crippen LogP contribution in [-0.4, -0.2) is 72.4 Å². The summed E-state index contributed by atoms with van der Waals surface area (Å²) in [5.41, 5.74) is 0.